The van der Waals surface area contributed by atoms with Gasteiger partial charge in [-0.3, -0.25) is 4.68 Å². The van der Waals surface area contributed by atoms with Crippen LogP contribution in [0.5, 0.6) is 0 Å². The molecule has 1 fully saturated rings. The number of methoxy groups -OCH3 is 1. The lowest BCUT2D eigenvalue weighted by Crippen LogP contribution is -2.37. The van der Waals surface area contributed by atoms with Crippen molar-refractivity contribution >= 4 is 35.1 Å². The summed E-state index contributed by atoms with van der Waals surface area (Å²) in [6.07, 6.45) is 2.83. The van der Waals surface area contributed by atoms with Gasteiger partial charge in [0.1, 0.15) is 0 Å². The number of hydrogen-bond acceptors (Lipinski definition) is 5. The second-order valence-corrected chi connectivity index (χ2v) is 7.81. The maximum Gasteiger partial charge on any atom is 0.0834 e. The van der Waals surface area contributed by atoms with Gasteiger partial charge in [-0.2, -0.15) is 28.6 Å². The third-order valence-corrected chi connectivity index (χ3v) is 7.17. The molecule has 7 heteroatoms. The van der Waals surface area contributed by atoms with Crippen LogP contribution in [0, 0.1) is 0 Å². The zero-order valence-electron chi connectivity index (χ0n) is 11.9. The number of aromatic nitrogens is 2. The Bertz CT molecular complexity index is 430. The van der Waals surface area contributed by atoms with Crippen LogP contribution in [0.4, 0.5) is 0 Å². The fourth-order valence-electron chi connectivity index (χ4n) is 2.49. The van der Waals surface area contributed by atoms with Gasteiger partial charge in [0.25, 0.3) is 0 Å². The van der Waals surface area contributed by atoms with Crippen LogP contribution in [0.25, 0.3) is 0 Å². The summed E-state index contributed by atoms with van der Waals surface area (Å²) in [7, 11) is 1.69. The van der Waals surface area contributed by atoms with Crippen LogP contribution < -0.4 is 5.73 Å². The van der Waals surface area contributed by atoms with Crippen molar-refractivity contribution in [3.05, 3.63) is 16.9 Å². The minimum absolute atomic E-state index is 0.0791. The van der Waals surface area contributed by atoms with Crippen molar-refractivity contribution in [3.63, 3.8) is 0 Å². The van der Waals surface area contributed by atoms with Gasteiger partial charge in [-0.15, -0.1) is 0 Å². The van der Waals surface area contributed by atoms with Gasteiger partial charge in [0.05, 0.1) is 36.1 Å². The molecule has 0 radical (unpaired) electrons. The highest BCUT2D eigenvalue weighted by Crippen LogP contribution is 2.40. The van der Waals surface area contributed by atoms with Crippen LogP contribution in [-0.2, 0) is 11.3 Å². The molecule has 20 heavy (non-hydrogen) atoms. The molecule has 2 N–H and O–H groups in total. The molecule has 0 aliphatic carbocycles. The third-order valence-electron chi connectivity index (χ3n) is 3.50. The zero-order chi connectivity index (χ0) is 14.5. The van der Waals surface area contributed by atoms with E-state index in [9.17, 15) is 0 Å². The van der Waals surface area contributed by atoms with Crippen molar-refractivity contribution in [2.45, 2.75) is 36.4 Å². The number of halogens is 1. The molecule has 2 rings (SSSR count). The SMILES string of the molecule is CCC1SCCSC1C(N)c1c(Cl)cnn1CCOC. The van der Waals surface area contributed by atoms with Crippen LogP contribution in [0.3, 0.4) is 0 Å². The molecule has 0 saturated carbocycles. The maximum atomic E-state index is 6.53. The van der Waals surface area contributed by atoms with Gasteiger partial charge in [-0.1, -0.05) is 18.5 Å². The Morgan fingerprint density at radius 2 is 2.30 bits per heavy atom. The molecule has 1 aromatic rings. The number of rotatable bonds is 6. The monoisotopic (exact) mass is 335 g/mol. The van der Waals surface area contributed by atoms with Gasteiger partial charge < -0.3 is 10.5 Å². The van der Waals surface area contributed by atoms with E-state index >= 15 is 0 Å². The highest BCUT2D eigenvalue weighted by atomic mass is 35.5. The Hall–Kier alpha value is 0.120. The lowest BCUT2D eigenvalue weighted by molar-refractivity contribution is 0.182. The molecule has 0 bridgehead atoms. The molecule has 3 atom stereocenters. The Kier molecular flexibility index (Phi) is 6.55. The van der Waals surface area contributed by atoms with Crippen LogP contribution in [-0.4, -0.2) is 45.5 Å². The lowest BCUT2D eigenvalue weighted by atomic mass is 10.1. The summed E-state index contributed by atoms with van der Waals surface area (Å²) < 4.78 is 7.02. The maximum absolute atomic E-state index is 6.53. The predicted molar refractivity (Wildman–Crippen MR) is 88.8 cm³/mol. The normalized spacial score (nSPS) is 24.8. The molecular weight excluding hydrogens is 314 g/mol. The van der Waals surface area contributed by atoms with Gasteiger partial charge in [0.2, 0.25) is 0 Å². The third kappa shape index (κ3) is 3.65. The Labute approximate surface area is 134 Å². The molecule has 4 nitrogen and oxygen atoms in total. The lowest BCUT2D eigenvalue weighted by Gasteiger charge is -2.34. The van der Waals surface area contributed by atoms with Crippen LogP contribution in [0.2, 0.25) is 5.02 Å². The first-order valence-corrected chi connectivity index (χ1v) is 9.35. The van der Waals surface area contributed by atoms with Crippen molar-refractivity contribution in [1.29, 1.82) is 0 Å². The largest absolute Gasteiger partial charge is 0.383 e. The summed E-state index contributed by atoms with van der Waals surface area (Å²) in [5.41, 5.74) is 7.48. The second kappa shape index (κ2) is 7.94. The molecule has 0 amide bonds. The molecular formula is C13H22ClN3OS2. The number of nitrogens with zero attached hydrogens (tertiary/aromatic N) is 2. The quantitative estimate of drug-likeness (QED) is 0.866. The van der Waals surface area contributed by atoms with Gasteiger partial charge in [0.15, 0.2) is 0 Å². The van der Waals surface area contributed by atoms with E-state index in [2.05, 4.69) is 12.0 Å². The van der Waals surface area contributed by atoms with Gasteiger partial charge in [-0.25, -0.2) is 0 Å². The second-order valence-electron chi connectivity index (χ2n) is 4.77. The number of ether oxygens (including phenoxy) is 1. The van der Waals surface area contributed by atoms with E-state index in [0.29, 0.717) is 28.7 Å². The molecule has 2 heterocycles. The first-order chi connectivity index (χ1) is 9.69. The van der Waals surface area contributed by atoms with E-state index in [1.54, 1.807) is 13.3 Å². The first-order valence-electron chi connectivity index (χ1n) is 6.88. The van der Waals surface area contributed by atoms with E-state index in [-0.39, 0.29) is 6.04 Å². The Morgan fingerprint density at radius 1 is 1.55 bits per heavy atom. The van der Waals surface area contributed by atoms with E-state index in [1.807, 2.05) is 28.2 Å². The molecule has 1 aliphatic heterocycles. The molecule has 0 aromatic carbocycles. The summed E-state index contributed by atoms with van der Waals surface area (Å²) in [6.45, 7) is 3.53. The average molecular weight is 336 g/mol. The smallest absolute Gasteiger partial charge is 0.0834 e. The minimum atomic E-state index is -0.0791. The number of hydrogen-bond donors (Lipinski definition) is 1. The molecule has 3 unspecified atom stereocenters. The molecule has 114 valence electrons. The molecule has 1 aliphatic rings. The molecule has 0 spiro atoms. The topological polar surface area (TPSA) is 53.1 Å². The highest BCUT2D eigenvalue weighted by Gasteiger charge is 2.33. The summed E-state index contributed by atoms with van der Waals surface area (Å²) >= 11 is 10.3. The van der Waals surface area contributed by atoms with E-state index in [1.165, 1.54) is 5.75 Å². The highest BCUT2D eigenvalue weighted by molar-refractivity contribution is 8.07. The summed E-state index contributed by atoms with van der Waals surface area (Å²) in [4.78, 5) is 0. The van der Waals surface area contributed by atoms with Crippen molar-refractivity contribution in [2.75, 3.05) is 25.2 Å². The number of thioether (sulfide) groups is 2. The molecule has 1 aromatic heterocycles. The van der Waals surface area contributed by atoms with Gasteiger partial charge >= 0.3 is 0 Å². The van der Waals surface area contributed by atoms with Crippen LogP contribution in [0.15, 0.2) is 6.20 Å². The standard InChI is InChI=1S/C13H22ClN3OS2/c1-3-10-13(20-7-6-19-10)11(15)12-9(14)8-16-17(12)4-5-18-2/h8,10-11,13H,3-7,15H2,1-2H3. The zero-order valence-corrected chi connectivity index (χ0v) is 14.3. The van der Waals surface area contributed by atoms with Crippen molar-refractivity contribution < 1.29 is 4.74 Å². The van der Waals surface area contributed by atoms with Gasteiger partial charge in [0, 0.05) is 29.1 Å². The minimum Gasteiger partial charge on any atom is -0.383 e. The summed E-state index contributed by atoms with van der Waals surface area (Å²) in [5, 5.41) is 5.98. The van der Waals surface area contributed by atoms with Crippen molar-refractivity contribution in [3.8, 4) is 0 Å². The van der Waals surface area contributed by atoms with Crippen molar-refractivity contribution in [2.24, 2.45) is 5.73 Å². The van der Waals surface area contributed by atoms with E-state index < -0.39 is 0 Å². The summed E-state index contributed by atoms with van der Waals surface area (Å²) in [6, 6.07) is -0.0791. The number of nitrogens with two attached hydrogens (primary N) is 1. The fraction of sp³-hybridized carbons (Fsp3) is 0.769. The first kappa shape index (κ1) is 16.5. The predicted octanol–water partition coefficient (Wildman–Crippen LogP) is 2.81. The van der Waals surface area contributed by atoms with Crippen LogP contribution in [0.1, 0.15) is 25.1 Å². The van der Waals surface area contributed by atoms with E-state index in [4.69, 9.17) is 22.1 Å². The fourth-order valence-corrected chi connectivity index (χ4v) is 5.91. The Balaban J connectivity index is 2.18. The summed E-state index contributed by atoms with van der Waals surface area (Å²) in [5.74, 6) is 2.37. The Morgan fingerprint density at radius 3 is 3.00 bits per heavy atom. The van der Waals surface area contributed by atoms with E-state index in [0.717, 1.165) is 17.9 Å². The van der Waals surface area contributed by atoms with Gasteiger partial charge in [-0.05, 0) is 6.42 Å². The van der Waals surface area contributed by atoms with Crippen LogP contribution >= 0.6 is 35.1 Å². The van der Waals surface area contributed by atoms with Crippen molar-refractivity contribution in [1.82, 2.24) is 9.78 Å². The molecule has 1 saturated heterocycles. The average Bonchev–Trinajstić information content (AvgIpc) is 2.85.